The van der Waals surface area contributed by atoms with E-state index in [0.29, 0.717) is 31.9 Å². The highest BCUT2D eigenvalue weighted by atomic mass is 35.5. The van der Waals surface area contributed by atoms with Crippen LogP contribution in [0.5, 0.6) is 11.5 Å². The number of carbonyl (C=O) groups is 1. The lowest BCUT2D eigenvalue weighted by atomic mass is 10.2. The molecule has 26 heavy (non-hydrogen) atoms. The third-order valence-electron chi connectivity index (χ3n) is 4.46. The number of carbonyl (C=O) groups excluding carboxylic acids is 1. The van der Waals surface area contributed by atoms with Crippen molar-refractivity contribution in [1.82, 2.24) is 4.90 Å². The molecule has 2 heterocycles. The fourth-order valence-corrected chi connectivity index (χ4v) is 3.21. The summed E-state index contributed by atoms with van der Waals surface area (Å²) in [5, 5.41) is 2.73. The maximum absolute atomic E-state index is 13.2. The van der Waals surface area contributed by atoms with Crippen LogP contribution >= 0.6 is 11.6 Å². The quantitative estimate of drug-likeness (QED) is 0.869. The number of nitrogens with one attached hydrogen (secondary N) is 1. The van der Waals surface area contributed by atoms with Crippen LogP contribution in [-0.4, -0.2) is 43.9 Å². The molecule has 6 nitrogen and oxygen atoms in total. The molecule has 4 rings (SSSR count). The summed E-state index contributed by atoms with van der Waals surface area (Å²) in [6, 6.07) is 9.74. The van der Waals surface area contributed by atoms with Gasteiger partial charge in [0.2, 0.25) is 6.79 Å². The summed E-state index contributed by atoms with van der Waals surface area (Å²) < 4.78 is 23.9. The van der Waals surface area contributed by atoms with Crippen molar-refractivity contribution in [1.29, 1.82) is 0 Å². The summed E-state index contributed by atoms with van der Waals surface area (Å²) in [6.45, 7) is 2.82. The first kappa shape index (κ1) is 16.8. The molecule has 2 amide bonds. The van der Waals surface area contributed by atoms with Crippen LogP contribution < -0.4 is 19.7 Å². The van der Waals surface area contributed by atoms with Gasteiger partial charge in [-0.05, 0) is 30.3 Å². The van der Waals surface area contributed by atoms with Crippen LogP contribution in [0.1, 0.15) is 0 Å². The van der Waals surface area contributed by atoms with Gasteiger partial charge < -0.3 is 24.6 Å². The third-order valence-corrected chi connectivity index (χ3v) is 4.75. The highest BCUT2D eigenvalue weighted by molar-refractivity contribution is 6.31. The molecular weight excluding hydrogens is 361 g/mol. The van der Waals surface area contributed by atoms with E-state index in [1.165, 1.54) is 18.2 Å². The average molecular weight is 378 g/mol. The summed E-state index contributed by atoms with van der Waals surface area (Å²) in [4.78, 5) is 16.3. The Morgan fingerprint density at radius 3 is 2.58 bits per heavy atom. The standard InChI is InChI=1S/C18H17ClFN3O3/c19-14-9-12(1-3-15(14)20)21-18(24)23-7-5-22(6-8-23)13-2-4-16-17(10-13)26-11-25-16/h1-4,9-10H,5-8,11H2,(H,21,24). The van der Waals surface area contributed by atoms with Crippen LogP contribution in [0, 0.1) is 5.82 Å². The molecule has 0 saturated carbocycles. The van der Waals surface area contributed by atoms with Crippen molar-refractivity contribution in [3.05, 3.63) is 47.2 Å². The van der Waals surface area contributed by atoms with E-state index in [1.807, 2.05) is 18.2 Å². The van der Waals surface area contributed by atoms with Crippen molar-refractivity contribution in [2.45, 2.75) is 0 Å². The minimum Gasteiger partial charge on any atom is -0.454 e. The van der Waals surface area contributed by atoms with E-state index in [9.17, 15) is 9.18 Å². The molecule has 1 N–H and O–H groups in total. The summed E-state index contributed by atoms with van der Waals surface area (Å²) in [5.41, 5.74) is 1.51. The Labute approximate surface area is 155 Å². The average Bonchev–Trinajstić information content (AvgIpc) is 3.12. The van der Waals surface area contributed by atoms with Gasteiger partial charge in [0, 0.05) is 43.6 Å². The minimum absolute atomic E-state index is 0.0181. The van der Waals surface area contributed by atoms with Gasteiger partial charge in [0.05, 0.1) is 5.02 Å². The molecule has 0 aliphatic carbocycles. The zero-order chi connectivity index (χ0) is 18.1. The first-order valence-corrected chi connectivity index (χ1v) is 8.63. The van der Waals surface area contributed by atoms with Crippen LogP contribution in [0.2, 0.25) is 5.02 Å². The molecule has 8 heteroatoms. The fraction of sp³-hybridized carbons (Fsp3) is 0.278. The summed E-state index contributed by atoms with van der Waals surface area (Å²) >= 11 is 5.74. The number of rotatable bonds is 2. The number of nitrogens with zero attached hydrogens (tertiary/aromatic N) is 2. The lowest BCUT2D eigenvalue weighted by molar-refractivity contribution is 0.174. The summed E-state index contributed by atoms with van der Waals surface area (Å²) in [5.74, 6) is 0.989. The van der Waals surface area contributed by atoms with Crippen molar-refractivity contribution in [2.75, 3.05) is 43.2 Å². The highest BCUT2D eigenvalue weighted by Gasteiger charge is 2.23. The summed E-state index contributed by atoms with van der Waals surface area (Å²) in [7, 11) is 0. The first-order valence-electron chi connectivity index (χ1n) is 8.26. The number of benzene rings is 2. The van der Waals surface area contributed by atoms with Gasteiger partial charge in [-0.2, -0.15) is 0 Å². The third kappa shape index (κ3) is 3.35. The SMILES string of the molecule is O=C(Nc1ccc(F)c(Cl)c1)N1CCN(c2ccc3c(c2)OCO3)CC1. The Hall–Kier alpha value is -2.67. The predicted octanol–water partition coefficient (Wildman–Crippen LogP) is 3.56. The molecule has 0 atom stereocenters. The van der Waals surface area contributed by atoms with Gasteiger partial charge in [-0.15, -0.1) is 0 Å². The largest absolute Gasteiger partial charge is 0.454 e. The van der Waals surface area contributed by atoms with Gasteiger partial charge in [0.1, 0.15) is 5.82 Å². The lowest BCUT2D eigenvalue weighted by Crippen LogP contribution is -2.50. The maximum Gasteiger partial charge on any atom is 0.321 e. The van der Waals surface area contributed by atoms with Gasteiger partial charge in [-0.1, -0.05) is 11.6 Å². The van der Waals surface area contributed by atoms with Gasteiger partial charge in [0.15, 0.2) is 11.5 Å². The van der Waals surface area contributed by atoms with Gasteiger partial charge in [0.25, 0.3) is 0 Å². The molecule has 0 unspecified atom stereocenters. The topological polar surface area (TPSA) is 54.0 Å². The second kappa shape index (κ2) is 6.92. The maximum atomic E-state index is 13.2. The number of hydrogen-bond acceptors (Lipinski definition) is 4. The number of anilines is 2. The van der Waals surface area contributed by atoms with Crippen LogP contribution in [0.15, 0.2) is 36.4 Å². The van der Waals surface area contributed by atoms with E-state index in [-0.39, 0.29) is 17.8 Å². The van der Waals surface area contributed by atoms with E-state index < -0.39 is 5.82 Å². The molecule has 2 aromatic carbocycles. The smallest absolute Gasteiger partial charge is 0.321 e. The number of fused-ring (bicyclic) bond motifs is 1. The van der Waals surface area contributed by atoms with Crippen LogP contribution in [0.3, 0.4) is 0 Å². The molecule has 0 radical (unpaired) electrons. The van der Waals surface area contributed by atoms with Crippen LogP contribution in [0.25, 0.3) is 0 Å². The van der Waals surface area contributed by atoms with Crippen molar-refractivity contribution in [3.63, 3.8) is 0 Å². The molecule has 0 bridgehead atoms. The number of piperazine rings is 1. The van der Waals surface area contributed by atoms with Crippen LogP contribution in [-0.2, 0) is 0 Å². The molecule has 2 aromatic rings. The Kier molecular flexibility index (Phi) is 4.46. The molecule has 136 valence electrons. The molecule has 0 aromatic heterocycles. The van der Waals surface area contributed by atoms with Crippen molar-refractivity contribution in [2.24, 2.45) is 0 Å². The fourth-order valence-electron chi connectivity index (χ4n) is 3.03. The number of amides is 2. The van der Waals surface area contributed by atoms with Crippen molar-refractivity contribution >= 4 is 29.0 Å². The van der Waals surface area contributed by atoms with Gasteiger partial charge >= 0.3 is 6.03 Å². The van der Waals surface area contributed by atoms with Crippen molar-refractivity contribution < 1.29 is 18.7 Å². The lowest BCUT2D eigenvalue weighted by Gasteiger charge is -2.36. The van der Waals surface area contributed by atoms with E-state index in [2.05, 4.69) is 10.2 Å². The van der Waals surface area contributed by atoms with Gasteiger partial charge in [-0.3, -0.25) is 0 Å². The highest BCUT2D eigenvalue weighted by Crippen LogP contribution is 2.35. The van der Waals surface area contributed by atoms with Gasteiger partial charge in [-0.25, -0.2) is 9.18 Å². The normalized spacial score (nSPS) is 15.9. The second-order valence-corrected chi connectivity index (χ2v) is 6.48. The first-order chi connectivity index (χ1) is 12.6. The summed E-state index contributed by atoms with van der Waals surface area (Å²) in [6.07, 6.45) is 0. The molecule has 0 spiro atoms. The molecule has 2 aliphatic heterocycles. The zero-order valence-electron chi connectivity index (χ0n) is 13.9. The molecular formula is C18H17ClFN3O3. The number of hydrogen-bond donors (Lipinski definition) is 1. The Balaban J connectivity index is 1.35. The number of halogens is 2. The Morgan fingerprint density at radius 1 is 1.04 bits per heavy atom. The Bertz CT molecular complexity index is 840. The van der Waals surface area contributed by atoms with Crippen LogP contribution in [0.4, 0.5) is 20.6 Å². The molecule has 2 aliphatic rings. The number of ether oxygens (including phenoxy) is 2. The van der Waals surface area contributed by atoms with E-state index in [0.717, 1.165) is 17.2 Å². The number of urea groups is 1. The van der Waals surface area contributed by atoms with E-state index in [4.69, 9.17) is 21.1 Å². The zero-order valence-corrected chi connectivity index (χ0v) is 14.6. The van der Waals surface area contributed by atoms with Crippen molar-refractivity contribution in [3.8, 4) is 11.5 Å². The monoisotopic (exact) mass is 377 g/mol. The van der Waals surface area contributed by atoms with E-state index in [1.54, 1.807) is 4.90 Å². The molecule has 1 saturated heterocycles. The minimum atomic E-state index is -0.512. The Morgan fingerprint density at radius 2 is 1.81 bits per heavy atom. The predicted molar refractivity (Wildman–Crippen MR) is 96.8 cm³/mol. The second-order valence-electron chi connectivity index (χ2n) is 6.07. The molecule has 1 fully saturated rings. The van der Waals surface area contributed by atoms with E-state index >= 15 is 0 Å².